The Bertz CT molecular complexity index is 460. The number of hydrogen-bond donors (Lipinski definition) is 3. The van der Waals surface area contributed by atoms with Gasteiger partial charge >= 0.3 is 0 Å². The number of fused-ring (bicyclic) bond motifs is 1. The largest absolute Gasteiger partial charge is 0.398 e. The van der Waals surface area contributed by atoms with Gasteiger partial charge in [0.15, 0.2) is 0 Å². The molecule has 0 aliphatic heterocycles. The van der Waals surface area contributed by atoms with Crippen molar-refractivity contribution in [2.45, 2.75) is 0 Å². The van der Waals surface area contributed by atoms with Crippen LogP contribution in [0.1, 0.15) is 0 Å². The van der Waals surface area contributed by atoms with Gasteiger partial charge in [0.2, 0.25) is 0 Å². The van der Waals surface area contributed by atoms with Gasteiger partial charge in [-0.25, -0.2) is 0 Å². The van der Waals surface area contributed by atoms with Crippen molar-refractivity contribution in [2.24, 2.45) is 0 Å². The summed E-state index contributed by atoms with van der Waals surface area (Å²) in [6, 6.07) is 1.95. The van der Waals surface area contributed by atoms with Crippen molar-refractivity contribution in [3.8, 4) is 0 Å². The number of thiophene rings is 1. The molecule has 0 unspecified atom stereocenters. The molecule has 2 rings (SSSR count). The van der Waals surface area contributed by atoms with E-state index in [-0.39, 0.29) is 13.2 Å². The van der Waals surface area contributed by atoms with Gasteiger partial charge < -0.3 is 21.0 Å². The van der Waals surface area contributed by atoms with Crippen molar-refractivity contribution in [2.75, 3.05) is 37.0 Å². The Morgan fingerprint density at radius 3 is 2.62 bits per heavy atom. The number of anilines is 1. The van der Waals surface area contributed by atoms with E-state index < -0.39 is 0 Å². The molecule has 0 atom stereocenters. The van der Waals surface area contributed by atoms with E-state index in [1.54, 1.807) is 11.3 Å². The first-order chi connectivity index (χ1) is 7.77. The van der Waals surface area contributed by atoms with Crippen LogP contribution in [0.4, 0.5) is 5.69 Å². The molecule has 0 bridgehead atoms. The summed E-state index contributed by atoms with van der Waals surface area (Å²) in [6.07, 6.45) is 1.91. The SMILES string of the molecule is Nc1csc2c1ccn2N(CCO)CCO. The number of nitrogens with two attached hydrogens (primary N) is 1. The third kappa shape index (κ3) is 1.87. The van der Waals surface area contributed by atoms with E-state index in [1.165, 1.54) is 0 Å². The summed E-state index contributed by atoms with van der Waals surface area (Å²) < 4.78 is 1.93. The van der Waals surface area contributed by atoms with Crippen LogP contribution in [0.25, 0.3) is 10.2 Å². The smallest absolute Gasteiger partial charge is 0.124 e. The van der Waals surface area contributed by atoms with Gasteiger partial charge in [-0.1, -0.05) is 0 Å². The molecule has 6 heteroatoms. The maximum absolute atomic E-state index is 8.98. The second-order valence-corrected chi connectivity index (χ2v) is 4.33. The van der Waals surface area contributed by atoms with E-state index in [2.05, 4.69) is 0 Å². The monoisotopic (exact) mass is 241 g/mol. The van der Waals surface area contributed by atoms with Crippen molar-refractivity contribution in [1.82, 2.24) is 4.68 Å². The normalized spacial score (nSPS) is 11.1. The molecule has 0 fully saturated rings. The highest BCUT2D eigenvalue weighted by molar-refractivity contribution is 7.17. The van der Waals surface area contributed by atoms with Gasteiger partial charge in [-0.05, 0) is 6.07 Å². The second kappa shape index (κ2) is 4.73. The van der Waals surface area contributed by atoms with Gasteiger partial charge in [-0.2, -0.15) is 0 Å². The molecule has 5 nitrogen and oxygen atoms in total. The fourth-order valence-electron chi connectivity index (χ4n) is 1.71. The first-order valence-electron chi connectivity index (χ1n) is 5.09. The summed E-state index contributed by atoms with van der Waals surface area (Å²) in [5, 5.41) is 22.8. The zero-order valence-corrected chi connectivity index (χ0v) is 9.65. The Morgan fingerprint density at radius 2 is 2.00 bits per heavy atom. The quantitative estimate of drug-likeness (QED) is 0.699. The molecule has 0 saturated heterocycles. The first kappa shape index (κ1) is 11.3. The topological polar surface area (TPSA) is 74.7 Å². The molecule has 0 aliphatic rings. The Hall–Kier alpha value is -1.24. The Balaban J connectivity index is 2.35. The molecule has 0 radical (unpaired) electrons. The first-order valence-corrected chi connectivity index (χ1v) is 5.97. The fourth-order valence-corrected chi connectivity index (χ4v) is 2.67. The van der Waals surface area contributed by atoms with E-state index in [0.717, 1.165) is 15.9 Å². The number of nitrogen functional groups attached to an aromatic ring is 1. The van der Waals surface area contributed by atoms with Crippen molar-refractivity contribution in [1.29, 1.82) is 0 Å². The lowest BCUT2D eigenvalue weighted by Crippen LogP contribution is -2.38. The summed E-state index contributed by atoms with van der Waals surface area (Å²) in [7, 11) is 0. The van der Waals surface area contributed by atoms with Crippen LogP contribution in [0.5, 0.6) is 0 Å². The molecule has 0 aromatic carbocycles. The Morgan fingerprint density at radius 1 is 1.31 bits per heavy atom. The van der Waals surface area contributed by atoms with Gasteiger partial charge in [0, 0.05) is 17.0 Å². The molecule has 4 N–H and O–H groups in total. The fraction of sp³-hybridized carbons (Fsp3) is 0.400. The molecule has 0 aliphatic carbocycles. The maximum atomic E-state index is 8.98. The average Bonchev–Trinajstić information content (AvgIpc) is 2.82. The minimum atomic E-state index is 0.0561. The molecule has 16 heavy (non-hydrogen) atoms. The van der Waals surface area contributed by atoms with Crippen LogP contribution in [0.15, 0.2) is 17.6 Å². The summed E-state index contributed by atoms with van der Waals surface area (Å²) in [4.78, 5) is 1.04. The predicted octanol–water partition coefficient (Wildman–Crippen LogP) is 0.208. The summed E-state index contributed by atoms with van der Waals surface area (Å²) >= 11 is 1.56. The summed E-state index contributed by atoms with van der Waals surface area (Å²) in [6.45, 7) is 1.09. The van der Waals surface area contributed by atoms with E-state index >= 15 is 0 Å². The number of rotatable bonds is 5. The highest BCUT2D eigenvalue weighted by Crippen LogP contribution is 2.28. The number of aliphatic hydroxyl groups excluding tert-OH is 2. The Labute approximate surface area is 97.3 Å². The minimum Gasteiger partial charge on any atom is -0.398 e. The Kier molecular flexibility index (Phi) is 3.33. The van der Waals surface area contributed by atoms with Crippen LogP contribution in [0, 0.1) is 0 Å². The van der Waals surface area contributed by atoms with Crippen LogP contribution in [0.3, 0.4) is 0 Å². The van der Waals surface area contributed by atoms with Crippen LogP contribution in [-0.2, 0) is 0 Å². The zero-order valence-electron chi connectivity index (χ0n) is 8.83. The van der Waals surface area contributed by atoms with Crippen LogP contribution < -0.4 is 10.7 Å². The van der Waals surface area contributed by atoms with Crippen molar-refractivity contribution < 1.29 is 10.2 Å². The third-order valence-electron chi connectivity index (χ3n) is 2.45. The number of hydrogen-bond acceptors (Lipinski definition) is 5. The molecule has 0 amide bonds. The summed E-state index contributed by atoms with van der Waals surface area (Å²) in [5.74, 6) is 0. The standard InChI is InChI=1S/C10H15N3O2S/c11-9-7-16-10-8(9)1-2-13(10)12(3-5-14)4-6-15/h1-2,7,14-15H,3-6,11H2. The van der Waals surface area contributed by atoms with Gasteiger partial charge in [0.1, 0.15) is 4.83 Å². The van der Waals surface area contributed by atoms with Gasteiger partial charge in [-0.15, -0.1) is 11.3 Å². The van der Waals surface area contributed by atoms with E-state index in [4.69, 9.17) is 15.9 Å². The molecular weight excluding hydrogens is 226 g/mol. The van der Waals surface area contributed by atoms with Crippen molar-refractivity contribution >= 4 is 27.2 Å². The predicted molar refractivity (Wildman–Crippen MR) is 66.4 cm³/mol. The highest BCUT2D eigenvalue weighted by atomic mass is 32.1. The lowest BCUT2D eigenvalue weighted by atomic mass is 10.4. The molecule has 2 heterocycles. The van der Waals surface area contributed by atoms with Crippen molar-refractivity contribution in [3.05, 3.63) is 17.6 Å². The van der Waals surface area contributed by atoms with Crippen LogP contribution >= 0.6 is 11.3 Å². The van der Waals surface area contributed by atoms with Gasteiger partial charge in [0.25, 0.3) is 0 Å². The third-order valence-corrected chi connectivity index (χ3v) is 3.45. The van der Waals surface area contributed by atoms with E-state index in [9.17, 15) is 0 Å². The van der Waals surface area contributed by atoms with E-state index in [1.807, 2.05) is 27.3 Å². The molecular formula is C10H15N3O2S. The minimum absolute atomic E-state index is 0.0561. The number of nitrogens with zero attached hydrogens (tertiary/aromatic N) is 2. The lowest BCUT2D eigenvalue weighted by Gasteiger charge is -2.24. The maximum Gasteiger partial charge on any atom is 0.124 e. The highest BCUT2D eigenvalue weighted by Gasteiger charge is 2.11. The van der Waals surface area contributed by atoms with Crippen LogP contribution in [-0.4, -0.2) is 41.2 Å². The summed E-state index contributed by atoms with van der Waals surface area (Å²) in [5.41, 5.74) is 6.59. The number of aliphatic hydroxyl groups is 2. The second-order valence-electron chi connectivity index (χ2n) is 3.47. The number of aromatic nitrogens is 1. The van der Waals surface area contributed by atoms with Gasteiger partial charge in [0.05, 0.1) is 32.0 Å². The zero-order chi connectivity index (χ0) is 11.5. The molecule has 0 saturated carbocycles. The molecule has 0 spiro atoms. The van der Waals surface area contributed by atoms with Gasteiger partial charge in [-0.3, -0.25) is 4.68 Å². The molecule has 2 aromatic rings. The molecule has 2 aromatic heterocycles. The average molecular weight is 241 g/mol. The van der Waals surface area contributed by atoms with E-state index in [0.29, 0.717) is 13.1 Å². The van der Waals surface area contributed by atoms with Crippen LogP contribution in [0.2, 0.25) is 0 Å². The molecule has 88 valence electrons. The van der Waals surface area contributed by atoms with Crippen molar-refractivity contribution in [3.63, 3.8) is 0 Å². The lowest BCUT2D eigenvalue weighted by molar-refractivity contribution is 0.266.